The highest BCUT2D eigenvalue weighted by Gasteiger charge is 2.59. The summed E-state index contributed by atoms with van der Waals surface area (Å²) in [5.41, 5.74) is -1.30. The van der Waals surface area contributed by atoms with Gasteiger partial charge in [0.2, 0.25) is 0 Å². The van der Waals surface area contributed by atoms with E-state index in [4.69, 9.17) is 9.47 Å². The number of carbonyl (C=O) groups is 1. The second-order valence-corrected chi connectivity index (χ2v) is 5.96. The van der Waals surface area contributed by atoms with Crippen molar-refractivity contribution in [2.24, 2.45) is 5.92 Å². The smallest absolute Gasteiger partial charge is 0.312 e. The third-order valence-electron chi connectivity index (χ3n) is 4.15. The summed E-state index contributed by atoms with van der Waals surface area (Å²) >= 11 is 0. The van der Waals surface area contributed by atoms with Crippen molar-refractivity contribution in [3.63, 3.8) is 0 Å². The Kier molecular flexibility index (Phi) is 2.01. The van der Waals surface area contributed by atoms with Gasteiger partial charge in [-0.25, -0.2) is 0 Å². The van der Waals surface area contributed by atoms with Crippen LogP contribution in [0.5, 0.6) is 0 Å². The summed E-state index contributed by atoms with van der Waals surface area (Å²) in [6, 6.07) is 0. The number of rotatable bonds is 0. The lowest BCUT2D eigenvalue weighted by atomic mass is 9.75. The highest BCUT2D eigenvalue weighted by molar-refractivity contribution is 5.75. The van der Waals surface area contributed by atoms with Crippen LogP contribution in [0.2, 0.25) is 0 Å². The van der Waals surface area contributed by atoms with Crippen molar-refractivity contribution < 1.29 is 14.3 Å². The normalized spacial score (nSPS) is 42.2. The van der Waals surface area contributed by atoms with Crippen LogP contribution in [0.1, 0.15) is 47.5 Å². The van der Waals surface area contributed by atoms with Crippen molar-refractivity contribution in [2.75, 3.05) is 0 Å². The Balaban J connectivity index is 2.48. The molecule has 0 aromatic heterocycles. The van der Waals surface area contributed by atoms with E-state index in [9.17, 15) is 4.79 Å². The van der Waals surface area contributed by atoms with Gasteiger partial charge in [0, 0.05) is 0 Å². The summed E-state index contributed by atoms with van der Waals surface area (Å²) in [7, 11) is 0. The SMILES string of the molecule is CC1(C)O[C@@]2(C)CC[C@H]1C(=O)OC2(C)C. The molecule has 15 heavy (non-hydrogen) atoms. The maximum atomic E-state index is 11.9. The number of fused-ring (bicyclic) bond motifs is 4. The van der Waals surface area contributed by atoms with Gasteiger partial charge < -0.3 is 9.47 Å². The second-order valence-electron chi connectivity index (χ2n) is 5.96. The number of ether oxygens (including phenoxy) is 2. The van der Waals surface area contributed by atoms with Crippen molar-refractivity contribution in [3.8, 4) is 0 Å². The molecule has 0 aromatic rings. The van der Waals surface area contributed by atoms with Crippen LogP contribution in [0, 0.1) is 5.92 Å². The van der Waals surface area contributed by atoms with Crippen LogP contribution in [0.25, 0.3) is 0 Å². The summed E-state index contributed by atoms with van der Waals surface area (Å²) in [4.78, 5) is 11.9. The van der Waals surface area contributed by atoms with Gasteiger partial charge in [-0.15, -0.1) is 0 Å². The van der Waals surface area contributed by atoms with Gasteiger partial charge in [0.05, 0.1) is 11.5 Å². The average molecular weight is 212 g/mol. The lowest BCUT2D eigenvalue weighted by Gasteiger charge is -2.47. The Hall–Kier alpha value is -0.570. The van der Waals surface area contributed by atoms with E-state index in [2.05, 4.69) is 0 Å². The van der Waals surface area contributed by atoms with E-state index in [0.29, 0.717) is 0 Å². The fraction of sp³-hybridized carbons (Fsp3) is 0.917. The largest absolute Gasteiger partial charge is 0.456 e. The van der Waals surface area contributed by atoms with E-state index in [1.165, 1.54) is 0 Å². The van der Waals surface area contributed by atoms with E-state index in [-0.39, 0.29) is 17.5 Å². The first-order chi connectivity index (χ1) is 6.68. The Morgan fingerprint density at radius 2 is 1.80 bits per heavy atom. The molecule has 0 saturated carbocycles. The molecule has 3 nitrogen and oxygen atoms in total. The Labute approximate surface area is 91.1 Å². The van der Waals surface area contributed by atoms with E-state index in [1.807, 2.05) is 34.6 Å². The highest BCUT2D eigenvalue weighted by atomic mass is 16.6. The molecule has 0 aromatic carbocycles. The summed E-state index contributed by atoms with van der Waals surface area (Å²) in [5.74, 6) is -0.224. The molecule has 0 spiro atoms. The van der Waals surface area contributed by atoms with Crippen LogP contribution in [0.4, 0.5) is 0 Å². The molecule has 3 heterocycles. The van der Waals surface area contributed by atoms with Crippen molar-refractivity contribution in [1.29, 1.82) is 0 Å². The van der Waals surface area contributed by atoms with Crippen LogP contribution >= 0.6 is 0 Å². The van der Waals surface area contributed by atoms with Gasteiger partial charge in [-0.3, -0.25) is 4.79 Å². The molecule has 0 aliphatic carbocycles. The molecule has 3 heteroatoms. The minimum absolute atomic E-state index is 0.105. The molecule has 0 amide bonds. The second kappa shape index (κ2) is 2.76. The monoisotopic (exact) mass is 212 g/mol. The average Bonchev–Trinajstić information content (AvgIpc) is 2.09. The van der Waals surface area contributed by atoms with Crippen LogP contribution < -0.4 is 0 Å². The number of esters is 1. The predicted molar refractivity (Wildman–Crippen MR) is 56.5 cm³/mol. The number of carbonyl (C=O) groups excluding carboxylic acids is 1. The van der Waals surface area contributed by atoms with E-state index in [1.54, 1.807) is 0 Å². The van der Waals surface area contributed by atoms with Gasteiger partial charge in [-0.1, -0.05) is 0 Å². The zero-order valence-corrected chi connectivity index (χ0v) is 10.2. The Morgan fingerprint density at radius 3 is 2.33 bits per heavy atom. The fourth-order valence-electron chi connectivity index (χ4n) is 2.73. The van der Waals surface area contributed by atoms with Gasteiger partial charge in [0.25, 0.3) is 0 Å². The van der Waals surface area contributed by atoms with E-state index in [0.717, 1.165) is 12.8 Å². The predicted octanol–water partition coefficient (Wildman–Crippen LogP) is 2.29. The van der Waals surface area contributed by atoms with E-state index < -0.39 is 11.2 Å². The molecule has 3 fully saturated rings. The first-order valence-corrected chi connectivity index (χ1v) is 5.61. The molecule has 86 valence electrons. The fourth-order valence-corrected chi connectivity index (χ4v) is 2.73. The maximum Gasteiger partial charge on any atom is 0.312 e. The zero-order valence-electron chi connectivity index (χ0n) is 10.2. The highest BCUT2D eigenvalue weighted by Crippen LogP contribution is 2.49. The molecular weight excluding hydrogens is 192 g/mol. The maximum absolute atomic E-state index is 11.9. The molecule has 3 rings (SSSR count). The van der Waals surface area contributed by atoms with Gasteiger partial charge in [-0.2, -0.15) is 0 Å². The first kappa shape index (κ1) is 10.9. The third-order valence-corrected chi connectivity index (χ3v) is 4.15. The quantitative estimate of drug-likeness (QED) is 0.578. The number of hydrogen-bond acceptors (Lipinski definition) is 3. The summed E-state index contributed by atoms with van der Waals surface area (Å²) in [6.07, 6.45) is 1.76. The summed E-state index contributed by atoms with van der Waals surface area (Å²) in [6.45, 7) is 9.89. The molecule has 3 saturated heterocycles. The Bertz CT molecular complexity index is 306. The van der Waals surface area contributed by atoms with Crippen LogP contribution in [0.3, 0.4) is 0 Å². The topological polar surface area (TPSA) is 35.5 Å². The van der Waals surface area contributed by atoms with Crippen molar-refractivity contribution in [3.05, 3.63) is 0 Å². The minimum Gasteiger partial charge on any atom is -0.456 e. The van der Waals surface area contributed by atoms with Gasteiger partial charge >= 0.3 is 5.97 Å². The van der Waals surface area contributed by atoms with Crippen molar-refractivity contribution in [1.82, 2.24) is 0 Å². The lowest BCUT2D eigenvalue weighted by Crippen LogP contribution is -2.55. The molecule has 3 aliphatic rings. The van der Waals surface area contributed by atoms with Crippen molar-refractivity contribution in [2.45, 2.75) is 64.3 Å². The molecule has 2 bridgehead atoms. The van der Waals surface area contributed by atoms with Gasteiger partial charge in [0.15, 0.2) is 0 Å². The van der Waals surface area contributed by atoms with Gasteiger partial charge in [0.1, 0.15) is 11.2 Å². The molecular formula is C12H20O3. The van der Waals surface area contributed by atoms with Crippen molar-refractivity contribution >= 4 is 5.97 Å². The van der Waals surface area contributed by atoms with E-state index >= 15 is 0 Å². The Morgan fingerprint density at radius 1 is 1.20 bits per heavy atom. The zero-order chi connectivity index (χ0) is 11.5. The molecule has 0 radical (unpaired) electrons. The molecule has 0 unspecified atom stereocenters. The molecule has 0 N–H and O–H groups in total. The van der Waals surface area contributed by atoms with Gasteiger partial charge in [-0.05, 0) is 47.5 Å². The standard InChI is InChI=1S/C12H20O3/c1-10(2)8-6-7-12(5,15-10)11(3,4)14-9(8)13/h8H,6-7H2,1-5H3/t8-,12-/m0/s1. The number of hydrogen-bond donors (Lipinski definition) is 0. The minimum atomic E-state index is -0.535. The molecule has 2 atom stereocenters. The van der Waals surface area contributed by atoms with Crippen LogP contribution in [-0.2, 0) is 14.3 Å². The first-order valence-electron chi connectivity index (χ1n) is 5.61. The summed E-state index contributed by atoms with van der Waals surface area (Å²) in [5, 5.41) is 0. The molecule has 3 aliphatic heterocycles. The van der Waals surface area contributed by atoms with Crippen LogP contribution in [0.15, 0.2) is 0 Å². The third kappa shape index (κ3) is 1.40. The lowest BCUT2D eigenvalue weighted by molar-refractivity contribution is -0.221. The summed E-state index contributed by atoms with van der Waals surface area (Å²) < 4.78 is 11.7. The van der Waals surface area contributed by atoms with Crippen LogP contribution in [-0.4, -0.2) is 22.8 Å².